The van der Waals surface area contributed by atoms with Gasteiger partial charge in [0.15, 0.2) is 0 Å². The molecule has 0 N–H and O–H groups in total. The maximum atomic E-state index is 13.4. The number of esters is 1. The number of fused-ring (bicyclic) bond motifs is 1. The Morgan fingerprint density at radius 3 is 2.24 bits per heavy atom. The molecule has 0 saturated carbocycles. The van der Waals surface area contributed by atoms with Crippen LogP contribution in [0.2, 0.25) is 0 Å². The molecule has 1 aliphatic heterocycles. The van der Waals surface area contributed by atoms with E-state index in [0.29, 0.717) is 39.1 Å². The van der Waals surface area contributed by atoms with Gasteiger partial charge in [0.1, 0.15) is 5.69 Å². The highest BCUT2D eigenvalue weighted by atomic mass is 19.4. The summed E-state index contributed by atoms with van der Waals surface area (Å²) in [6.45, 7) is 6.13. The van der Waals surface area contributed by atoms with E-state index < -0.39 is 29.1 Å². The summed E-state index contributed by atoms with van der Waals surface area (Å²) in [6, 6.07) is 4.18. The number of nitrogens with zero attached hydrogens (tertiary/aromatic N) is 3. The van der Waals surface area contributed by atoms with Gasteiger partial charge in [-0.1, -0.05) is 12.1 Å². The zero-order valence-electron chi connectivity index (χ0n) is 18.8. The molecule has 34 heavy (non-hydrogen) atoms. The van der Waals surface area contributed by atoms with E-state index >= 15 is 0 Å². The van der Waals surface area contributed by atoms with Crippen molar-refractivity contribution in [1.29, 1.82) is 0 Å². The molecule has 0 radical (unpaired) electrons. The number of aromatic nitrogens is 1. The lowest BCUT2D eigenvalue weighted by molar-refractivity contribution is -0.143. The predicted molar refractivity (Wildman–Crippen MR) is 114 cm³/mol. The SMILES string of the molecule is CCOC(=O)CCCN1CCN(CCc2cc(C(F)(F)F)nc3c(C(F)(F)F)cccc23)CC1. The van der Waals surface area contributed by atoms with Crippen molar-refractivity contribution in [1.82, 2.24) is 14.8 Å². The van der Waals surface area contributed by atoms with Gasteiger partial charge in [0.05, 0.1) is 17.7 Å². The van der Waals surface area contributed by atoms with E-state index in [1.807, 2.05) is 0 Å². The zero-order valence-corrected chi connectivity index (χ0v) is 18.8. The van der Waals surface area contributed by atoms with E-state index in [-0.39, 0.29) is 23.3 Å². The third-order valence-corrected chi connectivity index (χ3v) is 5.84. The van der Waals surface area contributed by atoms with E-state index in [1.165, 1.54) is 12.1 Å². The number of alkyl halides is 6. The molecule has 0 amide bonds. The van der Waals surface area contributed by atoms with Crippen LogP contribution in [0.15, 0.2) is 24.3 Å². The van der Waals surface area contributed by atoms with Gasteiger partial charge in [0.25, 0.3) is 0 Å². The Morgan fingerprint density at radius 1 is 1.00 bits per heavy atom. The van der Waals surface area contributed by atoms with Gasteiger partial charge in [-0.25, -0.2) is 4.98 Å². The van der Waals surface area contributed by atoms with E-state index in [4.69, 9.17) is 4.74 Å². The average Bonchev–Trinajstić information content (AvgIpc) is 2.76. The Bertz CT molecular complexity index is 985. The van der Waals surface area contributed by atoms with Gasteiger partial charge in [0, 0.05) is 44.5 Å². The van der Waals surface area contributed by atoms with Gasteiger partial charge in [-0.05, 0) is 44.0 Å². The molecule has 1 aromatic carbocycles. The minimum atomic E-state index is -4.85. The zero-order chi connectivity index (χ0) is 24.9. The number of hydrogen-bond donors (Lipinski definition) is 0. The van der Waals surface area contributed by atoms with Crippen molar-refractivity contribution in [2.24, 2.45) is 0 Å². The lowest BCUT2D eigenvalue weighted by atomic mass is 10.0. The summed E-state index contributed by atoms with van der Waals surface area (Å²) in [7, 11) is 0. The Hall–Kier alpha value is -2.40. The third-order valence-electron chi connectivity index (χ3n) is 5.84. The second kappa shape index (κ2) is 10.9. The van der Waals surface area contributed by atoms with E-state index in [0.717, 1.165) is 31.8 Å². The lowest BCUT2D eigenvalue weighted by Gasteiger charge is -2.34. The molecule has 1 fully saturated rings. The van der Waals surface area contributed by atoms with E-state index in [9.17, 15) is 31.1 Å². The molecule has 11 heteroatoms. The smallest absolute Gasteiger partial charge is 0.433 e. The van der Waals surface area contributed by atoms with Crippen LogP contribution in [0.5, 0.6) is 0 Å². The Labute approximate surface area is 193 Å². The standard InChI is InChI=1S/C23H27F6N3O2/c1-2-34-20(33)7-4-9-31-11-13-32(14-12-31)10-8-16-15-19(23(27,28)29)30-21-17(16)5-3-6-18(21)22(24,25)26/h3,5-6,15H,2,4,7-14H2,1H3. The number of ether oxygens (including phenoxy) is 1. The van der Waals surface area contributed by atoms with Crippen LogP contribution in [0.25, 0.3) is 10.9 Å². The molecule has 0 aliphatic carbocycles. The second-order valence-electron chi connectivity index (χ2n) is 8.21. The highest BCUT2D eigenvalue weighted by Crippen LogP contribution is 2.37. The highest BCUT2D eigenvalue weighted by molar-refractivity contribution is 5.86. The summed E-state index contributed by atoms with van der Waals surface area (Å²) < 4.78 is 85.2. The van der Waals surface area contributed by atoms with Crippen molar-refractivity contribution in [2.45, 2.75) is 38.5 Å². The molecule has 0 unspecified atom stereocenters. The molecule has 0 bridgehead atoms. The second-order valence-corrected chi connectivity index (χ2v) is 8.21. The van der Waals surface area contributed by atoms with Crippen LogP contribution in [0, 0.1) is 0 Å². The highest BCUT2D eigenvalue weighted by Gasteiger charge is 2.37. The largest absolute Gasteiger partial charge is 0.466 e. The van der Waals surface area contributed by atoms with Gasteiger partial charge in [0.2, 0.25) is 0 Å². The third kappa shape index (κ3) is 6.82. The fourth-order valence-corrected chi connectivity index (χ4v) is 4.09. The van der Waals surface area contributed by atoms with Crippen LogP contribution < -0.4 is 0 Å². The Morgan fingerprint density at radius 2 is 1.65 bits per heavy atom. The number of piperazine rings is 1. The number of hydrogen-bond acceptors (Lipinski definition) is 5. The summed E-state index contributed by atoms with van der Waals surface area (Å²) in [6.07, 6.45) is -8.45. The van der Waals surface area contributed by atoms with Gasteiger partial charge in [-0.15, -0.1) is 0 Å². The normalized spacial score (nSPS) is 16.2. The molecule has 1 aromatic heterocycles. The molecule has 188 valence electrons. The number of carbonyl (C=O) groups excluding carboxylic acids is 1. The van der Waals surface area contributed by atoms with Crippen molar-refractivity contribution in [2.75, 3.05) is 45.9 Å². The molecular weight excluding hydrogens is 464 g/mol. The van der Waals surface area contributed by atoms with Crippen molar-refractivity contribution >= 4 is 16.9 Å². The first kappa shape index (κ1) is 26.2. The molecule has 1 aliphatic rings. The van der Waals surface area contributed by atoms with E-state index in [2.05, 4.69) is 14.8 Å². The van der Waals surface area contributed by atoms with Gasteiger partial charge < -0.3 is 14.5 Å². The monoisotopic (exact) mass is 491 g/mol. The quantitative estimate of drug-likeness (QED) is 0.393. The summed E-state index contributed by atoms with van der Waals surface area (Å²) in [5, 5.41) is 0.0837. The Kier molecular flexibility index (Phi) is 8.40. The van der Waals surface area contributed by atoms with Crippen LogP contribution in [0.3, 0.4) is 0 Å². The van der Waals surface area contributed by atoms with Crippen molar-refractivity contribution < 1.29 is 35.9 Å². The fraction of sp³-hybridized carbons (Fsp3) is 0.565. The minimum Gasteiger partial charge on any atom is -0.466 e. The summed E-state index contributed by atoms with van der Waals surface area (Å²) in [5.74, 6) is -0.224. The molecule has 1 saturated heterocycles. The summed E-state index contributed by atoms with van der Waals surface area (Å²) >= 11 is 0. The average molecular weight is 491 g/mol. The van der Waals surface area contributed by atoms with Crippen molar-refractivity contribution in [3.05, 3.63) is 41.1 Å². The van der Waals surface area contributed by atoms with Gasteiger partial charge >= 0.3 is 18.3 Å². The molecule has 3 rings (SSSR count). The van der Waals surface area contributed by atoms with Crippen LogP contribution in [-0.2, 0) is 28.3 Å². The maximum absolute atomic E-state index is 13.4. The van der Waals surface area contributed by atoms with Crippen LogP contribution >= 0.6 is 0 Å². The summed E-state index contributed by atoms with van der Waals surface area (Å²) in [5.41, 5.74) is -2.97. The van der Waals surface area contributed by atoms with Crippen LogP contribution in [0.4, 0.5) is 26.3 Å². The molecule has 0 atom stereocenters. The molecule has 0 spiro atoms. The first-order valence-electron chi connectivity index (χ1n) is 11.2. The van der Waals surface area contributed by atoms with Gasteiger partial charge in [-0.3, -0.25) is 4.79 Å². The minimum absolute atomic E-state index is 0.0837. The van der Waals surface area contributed by atoms with Crippen LogP contribution in [-0.4, -0.2) is 66.6 Å². The van der Waals surface area contributed by atoms with Crippen LogP contribution in [0.1, 0.15) is 36.6 Å². The topological polar surface area (TPSA) is 45.7 Å². The first-order valence-corrected chi connectivity index (χ1v) is 11.2. The number of carbonyl (C=O) groups is 1. The maximum Gasteiger partial charge on any atom is 0.433 e. The summed E-state index contributed by atoms with van der Waals surface area (Å²) in [4.78, 5) is 19.0. The number of rotatable bonds is 8. The fourth-order valence-electron chi connectivity index (χ4n) is 4.09. The molecule has 2 heterocycles. The number of pyridine rings is 1. The van der Waals surface area contributed by atoms with Crippen molar-refractivity contribution in [3.63, 3.8) is 0 Å². The molecule has 2 aromatic rings. The number of halogens is 6. The van der Waals surface area contributed by atoms with Crippen molar-refractivity contribution in [3.8, 4) is 0 Å². The number of benzene rings is 1. The number of para-hydroxylation sites is 1. The first-order chi connectivity index (χ1) is 16.0. The van der Waals surface area contributed by atoms with E-state index in [1.54, 1.807) is 6.92 Å². The lowest BCUT2D eigenvalue weighted by Crippen LogP contribution is -2.47. The molecular formula is C23H27F6N3O2. The molecule has 5 nitrogen and oxygen atoms in total. The Balaban J connectivity index is 1.66. The van der Waals surface area contributed by atoms with Gasteiger partial charge in [-0.2, -0.15) is 26.3 Å². The predicted octanol–water partition coefficient (Wildman–Crippen LogP) is 4.78.